The van der Waals surface area contributed by atoms with Crippen molar-refractivity contribution in [2.24, 2.45) is 0 Å². The Kier molecular flexibility index (Phi) is 5.45. The number of nitro benzene ring substituents is 1. The van der Waals surface area contributed by atoms with Gasteiger partial charge in [0.15, 0.2) is 0 Å². The number of rotatable bonds is 6. The molecule has 0 saturated heterocycles. The zero-order valence-corrected chi connectivity index (χ0v) is 11.2. The second kappa shape index (κ2) is 7.07. The molecule has 0 aromatic heterocycles. The van der Waals surface area contributed by atoms with Crippen molar-refractivity contribution in [3.63, 3.8) is 0 Å². The first kappa shape index (κ1) is 15.4. The van der Waals surface area contributed by atoms with Gasteiger partial charge in [0.05, 0.1) is 11.5 Å². The molecule has 0 saturated carbocycles. The zero-order valence-electron chi connectivity index (χ0n) is 11.2. The Bertz CT molecular complexity index is 530. The van der Waals surface area contributed by atoms with Gasteiger partial charge < -0.3 is 16.0 Å². The van der Waals surface area contributed by atoms with Crippen molar-refractivity contribution in [2.75, 3.05) is 25.5 Å². The second-order valence-corrected chi connectivity index (χ2v) is 3.88. The van der Waals surface area contributed by atoms with Crippen LogP contribution in [0.4, 0.5) is 11.4 Å². The SMILES string of the molecule is CCNC(=O)CNc1cc(C(=O)NC)ccc1[N+](=O)[O-]. The summed E-state index contributed by atoms with van der Waals surface area (Å²) in [6, 6.07) is 3.93. The smallest absolute Gasteiger partial charge is 0.292 e. The largest absolute Gasteiger partial charge is 0.371 e. The molecule has 0 radical (unpaired) electrons. The lowest BCUT2D eigenvalue weighted by Crippen LogP contribution is -2.29. The predicted molar refractivity (Wildman–Crippen MR) is 73.7 cm³/mol. The van der Waals surface area contributed by atoms with E-state index in [2.05, 4.69) is 16.0 Å². The van der Waals surface area contributed by atoms with Crippen molar-refractivity contribution < 1.29 is 14.5 Å². The number of hydrogen-bond donors (Lipinski definition) is 3. The number of nitro groups is 1. The van der Waals surface area contributed by atoms with Crippen LogP contribution in [0.2, 0.25) is 0 Å². The average Bonchev–Trinajstić information content (AvgIpc) is 2.44. The van der Waals surface area contributed by atoms with Gasteiger partial charge in [-0.15, -0.1) is 0 Å². The van der Waals surface area contributed by atoms with Gasteiger partial charge in [-0.05, 0) is 19.1 Å². The summed E-state index contributed by atoms with van der Waals surface area (Å²) in [5.74, 6) is -0.645. The lowest BCUT2D eigenvalue weighted by atomic mass is 10.1. The third kappa shape index (κ3) is 3.94. The van der Waals surface area contributed by atoms with Crippen LogP contribution in [-0.2, 0) is 4.79 Å². The van der Waals surface area contributed by atoms with E-state index in [4.69, 9.17) is 0 Å². The van der Waals surface area contributed by atoms with E-state index in [9.17, 15) is 19.7 Å². The van der Waals surface area contributed by atoms with Gasteiger partial charge in [-0.2, -0.15) is 0 Å². The maximum Gasteiger partial charge on any atom is 0.292 e. The van der Waals surface area contributed by atoms with Gasteiger partial charge in [-0.25, -0.2) is 0 Å². The van der Waals surface area contributed by atoms with Gasteiger partial charge in [-0.3, -0.25) is 19.7 Å². The highest BCUT2D eigenvalue weighted by Gasteiger charge is 2.16. The summed E-state index contributed by atoms with van der Waals surface area (Å²) in [5, 5.41) is 18.6. The molecule has 20 heavy (non-hydrogen) atoms. The Labute approximate surface area is 115 Å². The van der Waals surface area contributed by atoms with Crippen LogP contribution in [-0.4, -0.2) is 36.9 Å². The molecule has 0 aliphatic rings. The van der Waals surface area contributed by atoms with E-state index in [0.29, 0.717) is 6.54 Å². The molecule has 108 valence electrons. The highest BCUT2D eigenvalue weighted by atomic mass is 16.6. The van der Waals surface area contributed by atoms with E-state index in [-0.39, 0.29) is 35.3 Å². The number of carbonyl (C=O) groups excluding carboxylic acids is 2. The number of benzene rings is 1. The Morgan fingerprint density at radius 1 is 1.35 bits per heavy atom. The number of anilines is 1. The quantitative estimate of drug-likeness (QED) is 0.519. The summed E-state index contributed by atoms with van der Waals surface area (Å²) in [7, 11) is 1.46. The first-order valence-electron chi connectivity index (χ1n) is 6.00. The molecule has 1 rings (SSSR count). The van der Waals surface area contributed by atoms with Crippen LogP contribution in [0.1, 0.15) is 17.3 Å². The Morgan fingerprint density at radius 3 is 2.60 bits per heavy atom. The van der Waals surface area contributed by atoms with Crippen LogP contribution in [0.15, 0.2) is 18.2 Å². The average molecular weight is 280 g/mol. The summed E-state index contributed by atoms with van der Waals surface area (Å²) in [4.78, 5) is 33.2. The second-order valence-electron chi connectivity index (χ2n) is 3.88. The first-order chi connectivity index (χ1) is 9.49. The molecule has 1 aromatic rings. The summed E-state index contributed by atoms with van der Waals surface area (Å²) < 4.78 is 0. The van der Waals surface area contributed by atoms with Crippen LogP contribution in [0.5, 0.6) is 0 Å². The molecule has 0 fully saturated rings. The molecule has 2 amide bonds. The lowest BCUT2D eigenvalue weighted by molar-refractivity contribution is -0.383. The summed E-state index contributed by atoms with van der Waals surface area (Å²) in [5.41, 5.74) is 0.209. The summed E-state index contributed by atoms with van der Waals surface area (Å²) in [6.07, 6.45) is 0. The molecule has 0 unspecified atom stereocenters. The molecule has 8 nitrogen and oxygen atoms in total. The standard InChI is InChI=1S/C12H16N4O4/c1-3-14-11(17)7-15-9-6-8(12(18)13-2)4-5-10(9)16(19)20/h4-6,15H,3,7H2,1-2H3,(H,13,18)(H,14,17). The molecular weight excluding hydrogens is 264 g/mol. The highest BCUT2D eigenvalue weighted by Crippen LogP contribution is 2.25. The Balaban J connectivity index is 2.97. The molecule has 0 atom stereocenters. The number of likely N-dealkylation sites (N-methyl/N-ethyl adjacent to an activating group) is 1. The third-order valence-electron chi connectivity index (χ3n) is 2.50. The van der Waals surface area contributed by atoms with Gasteiger partial charge in [-0.1, -0.05) is 0 Å². The maximum absolute atomic E-state index is 11.5. The predicted octanol–water partition coefficient (Wildman–Crippen LogP) is 0.502. The molecule has 0 heterocycles. The van der Waals surface area contributed by atoms with Crippen molar-refractivity contribution in [3.8, 4) is 0 Å². The van der Waals surface area contributed by atoms with E-state index < -0.39 is 4.92 Å². The van der Waals surface area contributed by atoms with Crippen LogP contribution in [0.25, 0.3) is 0 Å². The molecule has 0 aliphatic carbocycles. The summed E-state index contributed by atoms with van der Waals surface area (Å²) >= 11 is 0. The van der Waals surface area contributed by atoms with E-state index in [1.807, 2.05) is 0 Å². The Morgan fingerprint density at radius 2 is 2.05 bits per heavy atom. The molecule has 8 heteroatoms. The number of hydrogen-bond acceptors (Lipinski definition) is 5. The van der Waals surface area contributed by atoms with E-state index in [1.165, 1.54) is 25.2 Å². The van der Waals surface area contributed by atoms with Gasteiger partial charge in [0.2, 0.25) is 5.91 Å². The van der Waals surface area contributed by atoms with Crippen molar-refractivity contribution in [1.29, 1.82) is 0 Å². The van der Waals surface area contributed by atoms with Gasteiger partial charge in [0, 0.05) is 25.2 Å². The fourth-order valence-electron chi connectivity index (χ4n) is 1.56. The maximum atomic E-state index is 11.5. The molecule has 0 aliphatic heterocycles. The topological polar surface area (TPSA) is 113 Å². The van der Waals surface area contributed by atoms with Gasteiger partial charge in [0.25, 0.3) is 11.6 Å². The normalized spacial score (nSPS) is 9.70. The van der Waals surface area contributed by atoms with Crippen molar-refractivity contribution in [2.45, 2.75) is 6.92 Å². The van der Waals surface area contributed by atoms with Crippen LogP contribution < -0.4 is 16.0 Å². The van der Waals surface area contributed by atoms with Gasteiger partial charge in [0.1, 0.15) is 5.69 Å². The third-order valence-corrected chi connectivity index (χ3v) is 2.50. The molecule has 0 spiro atoms. The minimum Gasteiger partial charge on any atom is -0.371 e. The molecule has 0 bridgehead atoms. The Hall–Kier alpha value is -2.64. The van der Waals surface area contributed by atoms with E-state index >= 15 is 0 Å². The van der Waals surface area contributed by atoms with E-state index in [1.54, 1.807) is 6.92 Å². The molecule has 1 aromatic carbocycles. The lowest BCUT2D eigenvalue weighted by Gasteiger charge is -2.08. The first-order valence-corrected chi connectivity index (χ1v) is 6.00. The summed E-state index contributed by atoms with van der Waals surface area (Å²) in [6.45, 7) is 2.14. The molecule has 3 N–H and O–H groups in total. The van der Waals surface area contributed by atoms with Crippen LogP contribution in [0, 0.1) is 10.1 Å². The minimum absolute atomic E-state index is 0.105. The van der Waals surface area contributed by atoms with Crippen LogP contribution >= 0.6 is 0 Å². The van der Waals surface area contributed by atoms with E-state index in [0.717, 1.165) is 0 Å². The van der Waals surface area contributed by atoms with Crippen molar-refractivity contribution in [3.05, 3.63) is 33.9 Å². The van der Waals surface area contributed by atoms with Crippen LogP contribution in [0.3, 0.4) is 0 Å². The fourth-order valence-corrected chi connectivity index (χ4v) is 1.56. The monoisotopic (exact) mass is 280 g/mol. The highest BCUT2D eigenvalue weighted by molar-refractivity contribution is 5.96. The zero-order chi connectivity index (χ0) is 15.1. The van der Waals surface area contributed by atoms with Crippen molar-refractivity contribution in [1.82, 2.24) is 10.6 Å². The van der Waals surface area contributed by atoms with Gasteiger partial charge >= 0.3 is 0 Å². The number of nitrogens with zero attached hydrogens (tertiary/aromatic N) is 1. The number of carbonyl (C=O) groups is 2. The number of amides is 2. The number of nitrogens with one attached hydrogen (secondary N) is 3. The molecular formula is C12H16N4O4. The fraction of sp³-hybridized carbons (Fsp3) is 0.333. The van der Waals surface area contributed by atoms with Crippen molar-refractivity contribution >= 4 is 23.2 Å². The minimum atomic E-state index is -0.576.